The summed E-state index contributed by atoms with van der Waals surface area (Å²) in [5, 5.41) is 11.2. The molecule has 3 rings (SSSR count). The Labute approximate surface area is 120 Å². The van der Waals surface area contributed by atoms with Crippen molar-refractivity contribution in [3.05, 3.63) is 36.9 Å². The fraction of sp³-hybridized carbons (Fsp3) is 0.500. The number of rotatable bonds is 5. The van der Waals surface area contributed by atoms with Crippen LogP contribution in [0.4, 0.5) is 5.69 Å². The highest BCUT2D eigenvalue weighted by molar-refractivity contribution is 5.50. The van der Waals surface area contributed by atoms with Crippen molar-refractivity contribution in [3.63, 3.8) is 0 Å². The van der Waals surface area contributed by atoms with E-state index in [0.717, 1.165) is 18.2 Å². The van der Waals surface area contributed by atoms with Crippen molar-refractivity contribution in [2.24, 2.45) is 5.92 Å². The maximum absolute atomic E-state index is 3.84. The van der Waals surface area contributed by atoms with E-state index in [1.165, 1.54) is 44.2 Å². The largest absolute Gasteiger partial charge is 0.385 e. The number of nitrogens with one attached hydrogen (secondary N) is 1. The summed E-state index contributed by atoms with van der Waals surface area (Å²) in [6.45, 7) is 1.07. The average molecular weight is 270 g/mol. The fourth-order valence-electron chi connectivity index (χ4n) is 3.01. The molecule has 1 aromatic carbocycles. The van der Waals surface area contributed by atoms with Crippen molar-refractivity contribution < 1.29 is 0 Å². The summed E-state index contributed by atoms with van der Waals surface area (Å²) in [7, 11) is 0. The standard InChI is InChI=1S/C16H22N4/c1-2-5-14(6-3-1)9-10-17-15-7-4-8-16(11-15)20-12-18-19-13-20/h4,7-8,11-14,17H,1-3,5-6,9-10H2. The molecule has 0 atom stereocenters. The van der Waals surface area contributed by atoms with Gasteiger partial charge in [-0.2, -0.15) is 0 Å². The van der Waals surface area contributed by atoms with Crippen LogP contribution in [0.2, 0.25) is 0 Å². The normalized spacial score (nSPS) is 16.2. The lowest BCUT2D eigenvalue weighted by Crippen LogP contribution is -2.12. The Morgan fingerprint density at radius 3 is 2.70 bits per heavy atom. The molecule has 1 saturated carbocycles. The van der Waals surface area contributed by atoms with E-state index in [0.29, 0.717) is 0 Å². The summed E-state index contributed by atoms with van der Waals surface area (Å²) in [5.41, 5.74) is 2.27. The lowest BCUT2D eigenvalue weighted by atomic mass is 9.87. The zero-order valence-electron chi connectivity index (χ0n) is 11.8. The number of hydrogen-bond acceptors (Lipinski definition) is 3. The van der Waals surface area contributed by atoms with Crippen molar-refractivity contribution in [1.82, 2.24) is 14.8 Å². The van der Waals surface area contributed by atoms with E-state index >= 15 is 0 Å². The molecule has 1 heterocycles. The summed E-state index contributed by atoms with van der Waals surface area (Å²) in [6, 6.07) is 8.40. The molecule has 20 heavy (non-hydrogen) atoms. The molecule has 1 aliphatic rings. The molecule has 106 valence electrons. The van der Waals surface area contributed by atoms with Gasteiger partial charge in [0.05, 0.1) is 5.69 Å². The molecule has 1 aliphatic carbocycles. The third-order valence-electron chi connectivity index (χ3n) is 4.17. The summed E-state index contributed by atoms with van der Waals surface area (Å²) >= 11 is 0. The molecule has 0 amide bonds. The first-order valence-electron chi connectivity index (χ1n) is 7.61. The van der Waals surface area contributed by atoms with E-state index in [1.54, 1.807) is 12.7 Å². The first-order valence-corrected chi connectivity index (χ1v) is 7.61. The van der Waals surface area contributed by atoms with Gasteiger partial charge in [0, 0.05) is 12.2 Å². The van der Waals surface area contributed by atoms with Crippen molar-refractivity contribution in [2.75, 3.05) is 11.9 Å². The molecule has 1 N–H and O–H groups in total. The average Bonchev–Trinajstić information content (AvgIpc) is 3.03. The minimum atomic E-state index is 0.928. The molecule has 2 aromatic rings. The molecular weight excluding hydrogens is 248 g/mol. The quantitative estimate of drug-likeness (QED) is 0.901. The molecule has 1 fully saturated rings. The number of nitrogens with zero attached hydrogens (tertiary/aromatic N) is 3. The summed E-state index contributed by atoms with van der Waals surface area (Å²) < 4.78 is 1.92. The Morgan fingerprint density at radius 1 is 1.10 bits per heavy atom. The lowest BCUT2D eigenvalue weighted by Gasteiger charge is -2.21. The molecular formula is C16H22N4. The van der Waals surface area contributed by atoms with Gasteiger partial charge in [-0.25, -0.2) is 0 Å². The van der Waals surface area contributed by atoms with Crippen molar-refractivity contribution in [1.29, 1.82) is 0 Å². The van der Waals surface area contributed by atoms with Crippen LogP contribution in [0.5, 0.6) is 0 Å². The maximum atomic E-state index is 3.84. The Morgan fingerprint density at radius 2 is 1.90 bits per heavy atom. The second kappa shape index (κ2) is 6.55. The van der Waals surface area contributed by atoms with Crippen LogP contribution >= 0.6 is 0 Å². The summed E-state index contributed by atoms with van der Waals surface area (Å²) in [6.07, 6.45) is 11.9. The predicted octanol–water partition coefficient (Wildman–Crippen LogP) is 3.65. The van der Waals surface area contributed by atoms with Crippen LogP contribution in [0.3, 0.4) is 0 Å². The van der Waals surface area contributed by atoms with Gasteiger partial charge in [-0.15, -0.1) is 10.2 Å². The zero-order chi connectivity index (χ0) is 13.6. The predicted molar refractivity (Wildman–Crippen MR) is 81.0 cm³/mol. The topological polar surface area (TPSA) is 42.7 Å². The summed E-state index contributed by atoms with van der Waals surface area (Å²) in [4.78, 5) is 0. The van der Waals surface area contributed by atoms with Crippen molar-refractivity contribution in [3.8, 4) is 5.69 Å². The van der Waals surface area contributed by atoms with Crippen molar-refractivity contribution >= 4 is 5.69 Å². The van der Waals surface area contributed by atoms with Crippen LogP contribution in [0, 0.1) is 5.92 Å². The summed E-state index contributed by atoms with van der Waals surface area (Å²) in [5.74, 6) is 0.928. The van der Waals surface area contributed by atoms with Gasteiger partial charge in [-0.1, -0.05) is 38.2 Å². The molecule has 4 nitrogen and oxygen atoms in total. The highest BCUT2D eigenvalue weighted by atomic mass is 15.2. The molecule has 0 bridgehead atoms. The number of aromatic nitrogens is 3. The molecule has 0 radical (unpaired) electrons. The second-order valence-electron chi connectivity index (χ2n) is 5.64. The van der Waals surface area contributed by atoms with Crippen LogP contribution in [0.1, 0.15) is 38.5 Å². The maximum Gasteiger partial charge on any atom is 0.123 e. The minimum Gasteiger partial charge on any atom is -0.385 e. The highest BCUT2D eigenvalue weighted by Crippen LogP contribution is 2.26. The first kappa shape index (κ1) is 13.2. The highest BCUT2D eigenvalue weighted by Gasteiger charge is 2.12. The van der Waals surface area contributed by atoms with E-state index in [9.17, 15) is 0 Å². The fourth-order valence-corrected chi connectivity index (χ4v) is 3.01. The Hall–Kier alpha value is -1.84. The van der Waals surface area contributed by atoms with Gasteiger partial charge in [0.1, 0.15) is 12.7 Å². The molecule has 4 heteroatoms. The van der Waals surface area contributed by atoms with Gasteiger partial charge in [-0.3, -0.25) is 4.57 Å². The number of benzene rings is 1. The molecule has 0 saturated heterocycles. The molecule has 0 spiro atoms. The van der Waals surface area contributed by atoms with Crippen LogP contribution in [-0.4, -0.2) is 21.3 Å². The van der Waals surface area contributed by atoms with Gasteiger partial charge in [0.2, 0.25) is 0 Å². The number of hydrogen-bond donors (Lipinski definition) is 1. The SMILES string of the molecule is c1cc(NCCC2CCCCC2)cc(-n2cnnc2)c1. The van der Waals surface area contributed by atoms with E-state index in [2.05, 4.69) is 39.8 Å². The van der Waals surface area contributed by atoms with Gasteiger partial charge < -0.3 is 5.32 Å². The van der Waals surface area contributed by atoms with E-state index in [4.69, 9.17) is 0 Å². The monoisotopic (exact) mass is 270 g/mol. The zero-order valence-corrected chi connectivity index (χ0v) is 11.8. The van der Waals surface area contributed by atoms with Gasteiger partial charge >= 0.3 is 0 Å². The smallest absolute Gasteiger partial charge is 0.123 e. The lowest BCUT2D eigenvalue weighted by molar-refractivity contribution is 0.345. The van der Waals surface area contributed by atoms with Crippen LogP contribution in [0.25, 0.3) is 5.69 Å². The van der Waals surface area contributed by atoms with E-state index in [1.807, 2.05) is 4.57 Å². The van der Waals surface area contributed by atoms with Gasteiger partial charge in [0.15, 0.2) is 0 Å². The number of anilines is 1. The molecule has 0 unspecified atom stereocenters. The third-order valence-corrected chi connectivity index (χ3v) is 4.17. The Balaban J connectivity index is 1.53. The first-order chi connectivity index (χ1) is 9.92. The third kappa shape index (κ3) is 3.38. The van der Waals surface area contributed by atoms with Crippen molar-refractivity contribution in [2.45, 2.75) is 38.5 Å². The molecule has 0 aliphatic heterocycles. The minimum absolute atomic E-state index is 0.928. The van der Waals surface area contributed by atoms with Crippen LogP contribution < -0.4 is 5.32 Å². The Kier molecular flexibility index (Phi) is 4.31. The van der Waals surface area contributed by atoms with Gasteiger partial charge in [0.25, 0.3) is 0 Å². The van der Waals surface area contributed by atoms with E-state index < -0.39 is 0 Å². The second-order valence-corrected chi connectivity index (χ2v) is 5.64. The van der Waals surface area contributed by atoms with E-state index in [-0.39, 0.29) is 0 Å². The Bertz CT molecular complexity index is 515. The van der Waals surface area contributed by atoms with Gasteiger partial charge in [-0.05, 0) is 30.5 Å². The molecule has 1 aromatic heterocycles. The van der Waals surface area contributed by atoms with Crippen LogP contribution in [0.15, 0.2) is 36.9 Å². The van der Waals surface area contributed by atoms with Crippen LogP contribution in [-0.2, 0) is 0 Å².